The molecule has 0 amide bonds. The molecule has 0 atom stereocenters. The normalized spacial score (nSPS) is 16.4. The molecule has 3 heterocycles. The quantitative estimate of drug-likeness (QED) is 0.167. The monoisotopic (exact) mass is 772 g/mol. The number of rotatable bonds is 3. The topological polar surface area (TPSA) is 19.6 Å². The maximum atomic E-state index is 7.31. The molecule has 1 aliphatic carbocycles. The number of hydrogen-bond donors (Lipinski definition) is 0. The summed E-state index contributed by atoms with van der Waals surface area (Å²) in [6.07, 6.45) is 2.32. The lowest BCUT2D eigenvalue weighted by Crippen LogP contribution is -2.61. The van der Waals surface area contributed by atoms with Gasteiger partial charge >= 0.3 is 0 Å². The van der Waals surface area contributed by atoms with E-state index in [0.29, 0.717) is 0 Å². The molecule has 0 radical (unpaired) electrons. The highest BCUT2D eigenvalue weighted by Crippen LogP contribution is 2.51. The molecule has 0 N–H and O–H groups in total. The van der Waals surface area contributed by atoms with Crippen LogP contribution in [0.25, 0.3) is 22.1 Å². The van der Waals surface area contributed by atoms with Crippen LogP contribution in [-0.4, -0.2) is 6.71 Å². The third-order valence-electron chi connectivity index (χ3n) is 13.9. The fraction of sp³-hybridized carbons (Fsp3) is 0.309. The van der Waals surface area contributed by atoms with Gasteiger partial charge in [0.15, 0.2) is 0 Å². The predicted octanol–water partition coefficient (Wildman–Crippen LogP) is 13.4. The standard InChI is InChI=1S/C55H57BN2O/c1-34-29-46-49-47(30-34)58(40-22-17-36(18-23-40)35-15-13-12-14-16-35)50-41-31-38(53(5,6)7)21-26-48(41)59-51(50)56(49)44-32-42-43(55(10,11)28-27-54(42,8)9)33-45(44)57(46)39-24-19-37(20-25-39)52(2,3)4/h12-26,29-33H,27-28H2,1-11H3. The number of nitrogens with zero attached hydrogens (tertiary/aromatic N) is 2. The first kappa shape index (κ1) is 37.8. The lowest BCUT2D eigenvalue weighted by Gasteiger charge is -2.46. The van der Waals surface area contributed by atoms with Crippen molar-refractivity contribution in [1.82, 2.24) is 0 Å². The zero-order chi connectivity index (χ0) is 41.4. The van der Waals surface area contributed by atoms with Crippen LogP contribution >= 0.6 is 0 Å². The van der Waals surface area contributed by atoms with Crippen molar-refractivity contribution in [2.24, 2.45) is 0 Å². The molecule has 10 rings (SSSR count). The summed E-state index contributed by atoms with van der Waals surface area (Å²) in [6, 6.07) is 46.1. The van der Waals surface area contributed by atoms with Crippen LogP contribution in [0.15, 0.2) is 126 Å². The molecule has 4 heteroatoms. The molecule has 0 saturated heterocycles. The number of hydrogen-bond acceptors (Lipinski definition) is 3. The number of aryl methyl sites for hydroxylation is 1. The van der Waals surface area contributed by atoms with Gasteiger partial charge in [-0.25, -0.2) is 0 Å². The van der Waals surface area contributed by atoms with Crippen LogP contribution < -0.4 is 26.4 Å². The Morgan fingerprint density at radius 3 is 1.73 bits per heavy atom. The van der Waals surface area contributed by atoms with E-state index in [1.807, 2.05) is 0 Å². The molecule has 2 aliphatic heterocycles. The van der Waals surface area contributed by atoms with Gasteiger partial charge in [0.05, 0.1) is 11.3 Å². The summed E-state index contributed by atoms with van der Waals surface area (Å²) in [7, 11) is 0. The van der Waals surface area contributed by atoms with Gasteiger partial charge in [-0.2, -0.15) is 0 Å². The average molecular weight is 773 g/mol. The zero-order valence-electron chi connectivity index (χ0n) is 36.8. The minimum Gasteiger partial charge on any atom is -0.468 e. The first-order chi connectivity index (χ1) is 27.9. The summed E-state index contributed by atoms with van der Waals surface area (Å²) in [5.74, 6) is 0. The van der Waals surface area contributed by atoms with Crippen molar-refractivity contribution >= 4 is 68.4 Å². The van der Waals surface area contributed by atoms with Crippen molar-refractivity contribution in [3.8, 4) is 11.1 Å². The maximum absolute atomic E-state index is 7.31. The van der Waals surface area contributed by atoms with Gasteiger partial charge in [0.1, 0.15) is 5.58 Å². The van der Waals surface area contributed by atoms with Gasteiger partial charge in [-0.05, 0) is 146 Å². The van der Waals surface area contributed by atoms with Crippen LogP contribution in [-0.2, 0) is 21.7 Å². The molecular formula is C55H57BN2O. The highest BCUT2D eigenvalue weighted by molar-refractivity contribution is 7.00. The molecule has 1 aromatic heterocycles. The maximum Gasteiger partial charge on any atom is 0.297 e. The Labute approximate surface area is 352 Å². The van der Waals surface area contributed by atoms with E-state index in [1.54, 1.807) is 0 Å². The Morgan fingerprint density at radius 2 is 1.10 bits per heavy atom. The summed E-state index contributed by atoms with van der Waals surface area (Å²) in [4.78, 5) is 5.09. The molecule has 59 heavy (non-hydrogen) atoms. The summed E-state index contributed by atoms with van der Waals surface area (Å²) in [5.41, 5.74) is 21.1. The number of fused-ring (bicyclic) bond motifs is 7. The lowest BCUT2D eigenvalue weighted by atomic mass is 9.35. The second kappa shape index (κ2) is 12.8. The van der Waals surface area contributed by atoms with Crippen LogP contribution in [0.4, 0.5) is 34.1 Å². The third kappa shape index (κ3) is 5.92. The Bertz CT molecular complexity index is 2790. The van der Waals surface area contributed by atoms with Crippen molar-refractivity contribution in [3.63, 3.8) is 0 Å². The molecule has 6 aromatic carbocycles. The predicted molar refractivity (Wildman–Crippen MR) is 253 cm³/mol. The van der Waals surface area contributed by atoms with Gasteiger partial charge in [-0.15, -0.1) is 0 Å². The van der Waals surface area contributed by atoms with Gasteiger partial charge in [0.2, 0.25) is 0 Å². The van der Waals surface area contributed by atoms with Crippen LogP contribution in [0.1, 0.15) is 110 Å². The van der Waals surface area contributed by atoms with E-state index < -0.39 is 0 Å². The highest BCUT2D eigenvalue weighted by Gasteiger charge is 2.49. The van der Waals surface area contributed by atoms with Crippen LogP contribution in [0.2, 0.25) is 0 Å². The molecule has 3 nitrogen and oxygen atoms in total. The molecule has 0 spiro atoms. The lowest BCUT2D eigenvalue weighted by molar-refractivity contribution is 0.332. The molecule has 296 valence electrons. The van der Waals surface area contributed by atoms with Crippen molar-refractivity contribution in [3.05, 3.63) is 149 Å². The fourth-order valence-electron chi connectivity index (χ4n) is 10.2. The third-order valence-corrected chi connectivity index (χ3v) is 13.9. The average Bonchev–Trinajstić information content (AvgIpc) is 3.57. The summed E-state index contributed by atoms with van der Waals surface area (Å²) >= 11 is 0. The first-order valence-electron chi connectivity index (χ1n) is 21.7. The summed E-state index contributed by atoms with van der Waals surface area (Å²) in [5, 5.41) is 1.16. The Balaban J connectivity index is 1.30. The number of benzene rings is 6. The van der Waals surface area contributed by atoms with E-state index in [9.17, 15) is 0 Å². The van der Waals surface area contributed by atoms with Crippen molar-refractivity contribution in [2.75, 3.05) is 9.80 Å². The second-order valence-electron chi connectivity index (χ2n) is 21.0. The van der Waals surface area contributed by atoms with Gasteiger partial charge in [-0.3, -0.25) is 0 Å². The molecule has 0 unspecified atom stereocenters. The van der Waals surface area contributed by atoms with E-state index in [0.717, 1.165) is 40.8 Å². The Morgan fingerprint density at radius 1 is 0.559 bits per heavy atom. The van der Waals surface area contributed by atoms with Gasteiger partial charge in [0.25, 0.3) is 6.71 Å². The minimum absolute atomic E-state index is 0.0191. The smallest absolute Gasteiger partial charge is 0.297 e. The number of anilines is 6. The number of furan rings is 1. The molecule has 0 saturated carbocycles. The SMILES string of the molecule is Cc1cc2c3c(c1)N(c1ccc(-c4ccccc4)cc1)c1c(oc4ccc(C(C)(C)C)cc14)B3c1cc3c(cc1N2c1ccc(C(C)(C)C)cc1)C(C)(C)CCC3(C)C. The van der Waals surface area contributed by atoms with E-state index in [4.69, 9.17) is 4.42 Å². The molecular weight excluding hydrogens is 715 g/mol. The van der Waals surface area contributed by atoms with E-state index >= 15 is 0 Å². The Kier molecular flexibility index (Phi) is 8.17. The minimum atomic E-state index is -0.0906. The van der Waals surface area contributed by atoms with Crippen molar-refractivity contribution < 1.29 is 4.42 Å². The fourth-order valence-corrected chi connectivity index (χ4v) is 10.2. The van der Waals surface area contributed by atoms with Gasteiger partial charge < -0.3 is 14.2 Å². The van der Waals surface area contributed by atoms with E-state index in [2.05, 4.69) is 207 Å². The van der Waals surface area contributed by atoms with Gasteiger partial charge in [-0.1, -0.05) is 136 Å². The van der Waals surface area contributed by atoms with E-state index in [1.165, 1.54) is 72.6 Å². The molecule has 0 bridgehead atoms. The summed E-state index contributed by atoms with van der Waals surface area (Å²) in [6.45, 7) is 25.8. The first-order valence-corrected chi connectivity index (χ1v) is 21.7. The molecule has 0 fully saturated rings. The molecule has 7 aromatic rings. The second-order valence-corrected chi connectivity index (χ2v) is 21.0. The van der Waals surface area contributed by atoms with Crippen molar-refractivity contribution in [1.29, 1.82) is 0 Å². The van der Waals surface area contributed by atoms with Crippen LogP contribution in [0.3, 0.4) is 0 Å². The van der Waals surface area contributed by atoms with Crippen LogP contribution in [0, 0.1) is 6.92 Å². The largest absolute Gasteiger partial charge is 0.468 e. The molecule has 3 aliphatic rings. The van der Waals surface area contributed by atoms with Gasteiger partial charge in [0, 0.05) is 33.8 Å². The van der Waals surface area contributed by atoms with Crippen LogP contribution in [0.5, 0.6) is 0 Å². The highest BCUT2D eigenvalue weighted by atomic mass is 16.3. The Hall–Kier alpha value is -5.48. The van der Waals surface area contributed by atoms with Crippen molar-refractivity contribution in [2.45, 2.75) is 111 Å². The van der Waals surface area contributed by atoms with E-state index in [-0.39, 0.29) is 28.4 Å². The summed E-state index contributed by atoms with van der Waals surface area (Å²) < 4.78 is 7.31. The zero-order valence-corrected chi connectivity index (χ0v) is 36.8.